The molecule has 1 aliphatic heterocycles. The van der Waals surface area contributed by atoms with E-state index in [2.05, 4.69) is 23.5 Å². The molecule has 1 aliphatic carbocycles. The molecule has 2 aliphatic rings. The number of nitrogens with one attached hydrogen (secondary N) is 1. The first-order valence-corrected chi connectivity index (χ1v) is 3.65. The highest BCUT2D eigenvalue weighted by Crippen LogP contribution is 2.20. The molecule has 1 fully saturated rings. The first kappa shape index (κ1) is 5.98. The van der Waals surface area contributed by atoms with E-state index in [1.165, 1.54) is 5.70 Å². The summed E-state index contributed by atoms with van der Waals surface area (Å²) in [5.74, 6) is 0.596. The van der Waals surface area contributed by atoms with Gasteiger partial charge in [-0.25, -0.2) is 0 Å². The van der Waals surface area contributed by atoms with E-state index < -0.39 is 0 Å². The minimum absolute atomic E-state index is 0.596. The van der Waals surface area contributed by atoms with Crippen LogP contribution in [0.4, 0.5) is 0 Å². The number of fused-ring (bicyclic) bond motifs is 1. The zero-order valence-electron chi connectivity index (χ0n) is 5.84. The normalized spacial score (nSPS) is 30.4. The lowest BCUT2D eigenvalue weighted by Gasteiger charge is -2.27. The van der Waals surface area contributed by atoms with Gasteiger partial charge in [-0.15, -0.1) is 0 Å². The van der Waals surface area contributed by atoms with Crippen molar-refractivity contribution in [2.75, 3.05) is 13.3 Å². The maximum absolute atomic E-state index is 5.25. The molecule has 0 amide bonds. The average molecular weight is 137 g/mol. The van der Waals surface area contributed by atoms with Gasteiger partial charge in [0.05, 0.1) is 6.61 Å². The predicted octanol–water partition coefficient (Wildman–Crippen LogP) is 1.02. The van der Waals surface area contributed by atoms with Crippen LogP contribution in [0.1, 0.15) is 6.42 Å². The lowest BCUT2D eigenvalue weighted by Crippen LogP contribution is -2.33. The van der Waals surface area contributed by atoms with Gasteiger partial charge >= 0.3 is 0 Å². The van der Waals surface area contributed by atoms with E-state index in [4.69, 9.17) is 4.74 Å². The molecule has 2 rings (SSSR count). The summed E-state index contributed by atoms with van der Waals surface area (Å²) in [6.07, 6.45) is 7.55. The van der Waals surface area contributed by atoms with Crippen molar-refractivity contribution in [3.05, 3.63) is 23.9 Å². The first-order chi connectivity index (χ1) is 4.97. The van der Waals surface area contributed by atoms with Crippen LogP contribution >= 0.6 is 0 Å². The van der Waals surface area contributed by atoms with Gasteiger partial charge in [-0.3, -0.25) is 0 Å². The highest BCUT2D eigenvalue weighted by molar-refractivity contribution is 5.20. The van der Waals surface area contributed by atoms with Crippen LogP contribution in [0.15, 0.2) is 23.9 Å². The number of allylic oxidation sites excluding steroid dienone is 3. The zero-order valence-corrected chi connectivity index (χ0v) is 5.84. The highest BCUT2D eigenvalue weighted by Gasteiger charge is 2.18. The van der Waals surface area contributed by atoms with Crippen LogP contribution in [0.2, 0.25) is 0 Å². The molecule has 0 saturated carbocycles. The molecule has 0 aromatic carbocycles. The number of hydrogen-bond donors (Lipinski definition) is 1. The molecule has 10 heavy (non-hydrogen) atoms. The van der Waals surface area contributed by atoms with Gasteiger partial charge in [0.1, 0.15) is 6.73 Å². The Morgan fingerprint density at radius 3 is 3.50 bits per heavy atom. The van der Waals surface area contributed by atoms with E-state index in [0.717, 1.165) is 13.0 Å². The Morgan fingerprint density at radius 2 is 2.60 bits per heavy atom. The largest absolute Gasteiger partial charge is 0.366 e. The van der Waals surface area contributed by atoms with Gasteiger partial charge in [-0.1, -0.05) is 12.2 Å². The second-order valence-electron chi connectivity index (χ2n) is 2.67. The molecule has 54 valence electrons. The third kappa shape index (κ3) is 0.948. The summed E-state index contributed by atoms with van der Waals surface area (Å²) in [5, 5.41) is 3.21. The van der Waals surface area contributed by atoms with Crippen LogP contribution in [0.25, 0.3) is 0 Å². The smallest absolute Gasteiger partial charge is 0.116 e. The van der Waals surface area contributed by atoms with E-state index >= 15 is 0 Å². The monoisotopic (exact) mass is 137 g/mol. The Morgan fingerprint density at radius 1 is 1.60 bits per heavy atom. The molecule has 0 radical (unpaired) electrons. The van der Waals surface area contributed by atoms with Gasteiger partial charge in [0.2, 0.25) is 0 Å². The summed E-state index contributed by atoms with van der Waals surface area (Å²) in [6, 6.07) is 0. The summed E-state index contributed by atoms with van der Waals surface area (Å²) in [6.45, 7) is 1.55. The zero-order chi connectivity index (χ0) is 6.81. The van der Waals surface area contributed by atoms with Gasteiger partial charge in [0.25, 0.3) is 0 Å². The van der Waals surface area contributed by atoms with Gasteiger partial charge in [0, 0.05) is 11.6 Å². The maximum atomic E-state index is 5.25. The molecule has 1 unspecified atom stereocenters. The molecule has 1 N–H and O–H groups in total. The fourth-order valence-electron chi connectivity index (χ4n) is 1.37. The SMILES string of the molecule is C1=CCC2COCNC2=C1. The average Bonchev–Trinajstić information content (AvgIpc) is 2.05. The van der Waals surface area contributed by atoms with Crippen LogP contribution in [-0.2, 0) is 4.74 Å². The molecule has 0 aromatic rings. The Labute approximate surface area is 60.6 Å². The number of hydrogen-bond acceptors (Lipinski definition) is 2. The van der Waals surface area contributed by atoms with Crippen LogP contribution in [0, 0.1) is 5.92 Å². The van der Waals surface area contributed by atoms with E-state index in [9.17, 15) is 0 Å². The van der Waals surface area contributed by atoms with Crippen molar-refractivity contribution in [1.29, 1.82) is 0 Å². The molecule has 1 heterocycles. The molecular weight excluding hydrogens is 126 g/mol. The second-order valence-corrected chi connectivity index (χ2v) is 2.67. The molecule has 0 bridgehead atoms. The van der Waals surface area contributed by atoms with Crippen LogP contribution in [-0.4, -0.2) is 13.3 Å². The minimum Gasteiger partial charge on any atom is -0.366 e. The third-order valence-corrected chi connectivity index (χ3v) is 1.97. The Balaban J connectivity index is 2.14. The van der Waals surface area contributed by atoms with Gasteiger partial charge in [0.15, 0.2) is 0 Å². The molecule has 1 saturated heterocycles. The molecule has 2 nitrogen and oxygen atoms in total. The molecule has 0 aromatic heterocycles. The third-order valence-electron chi connectivity index (χ3n) is 1.97. The fourth-order valence-corrected chi connectivity index (χ4v) is 1.37. The summed E-state index contributed by atoms with van der Waals surface area (Å²) in [4.78, 5) is 0. The summed E-state index contributed by atoms with van der Waals surface area (Å²) in [5.41, 5.74) is 1.34. The molecule has 0 spiro atoms. The van der Waals surface area contributed by atoms with Crippen molar-refractivity contribution in [2.24, 2.45) is 5.92 Å². The van der Waals surface area contributed by atoms with Crippen molar-refractivity contribution in [1.82, 2.24) is 5.32 Å². The first-order valence-electron chi connectivity index (χ1n) is 3.65. The second kappa shape index (κ2) is 2.46. The van der Waals surface area contributed by atoms with Crippen LogP contribution in [0.5, 0.6) is 0 Å². The van der Waals surface area contributed by atoms with Gasteiger partial charge in [-0.05, 0) is 12.5 Å². The summed E-state index contributed by atoms with van der Waals surface area (Å²) < 4.78 is 5.25. The standard InChI is InChI=1S/C8H11NO/c1-2-4-8-7(3-1)5-10-6-9-8/h1-2,4,7,9H,3,5-6H2. The molecule has 2 heteroatoms. The maximum Gasteiger partial charge on any atom is 0.116 e. The molecular formula is C8H11NO. The van der Waals surface area contributed by atoms with E-state index in [1.807, 2.05) is 0 Å². The van der Waals surface area contributed by atoms with Crippen molar-refractivity contribution < 1.29 is 4.74 Å². The fraction of sp³-hybridized carbons (Fsp3) is 0.500. The van der Waals surface area contributed by atoms with E-state index in [-0.39, 0.29) is 0 Å². The van der Waals surface area contributed by atoms with Crippen molar-refractivity contribution >= 4 is 0 Å². The van der Waals surface area contributed by atoms with E-state index in [1.54, 1.807) is 0 Å². The lowest BCUT2D eigenvalue weighted by molar-refractivity contribution is 0.0672. The van der Waals surface area contributed by atoms with Gasteiger partial charge in [-0.2, -0.15) is 0 Å². The lowest BCUT2D eigenvalue weighted by atomic mass is 9.97. The van der Waals surface area contributed by atoms with E-state index in [0.29, 0.717) is 12.6 Å². The predicted molar refractivity (Wildman–Crippen MR) is 39.3 cm³/mol. The van der Waals surface area contributed by atoms with Crippen LogP contribution in [0.3, 0.4) is 0 Å². The van der Waals surface area contributed by atoms with Crippen molar-refractivity contribution in [3.63, 3.8) is 0 Å². The number of ether oxygens (including phenoxy) is 1. The topological polar surface area (TPSA) is 21.3 Å². The van der Waals surface area contributed by atoms with Gasteiger partial charge < -0.3 is 10.1 Å². The van der Waals surface area contributed by atoms with Crippen molar-refractivity contribution in [3.8, 4) is 0 Å². The Hall–Kier alpha value is -0.760. The van der Waals surface area contributed by atoms with Crippen molar-refractivity contribution in [2.45, 2.75) is 6.42 Å². The summed E-state index contributed by atoms with van der Waals surface area (Å²) >= 11 is 0. The van der Waals surface area contributed by atoms with Crippen LogP contribution < -0.4 is 5.32 Å². The quantitative estimate of drug-likeness (QED) is 0.538. The minimum atomic E-state index is 0.596. The molecule has 1 atom stereocenters. The summed E-state index contributed by atoms with van der Waals surface area (Å²) in [7, 11) is 0. The Bertz CT molecular complexity index is 184. The Kier molecular flexibility index (Phi) is 1.47. The highest BCUT2D eigenvalue weighted by atomic mass is 16.5. The number of rotatable bonds is 0.